The maximum Gasteiger partial charge on any atom is 0.302 e. The smallest absolute Gasteiger partial charge is 0.302 e. The quantitative estimate of drug-likeness (QED) is 0.787. The first-order chi connectivity index (χ1) is 7.12. The van der Waals surface area contributed by atoms with E-state index < -0.39 is 0 Å². The number of carbonyl (C=O) groups is 1. The second-order valence-electron chi connectivity index (χ2n) is 3.79. The van der Waals surface area contributed by atoms with Gasteiger partial charge in [-0.25, -0.2) is 9.97 Å². The Labute approximate surface area is 96.2 Å². The van der Waals surface area contributed by atoms with Gasteiger partial charge >= 0.3 is 5.97 Å². The zero-order valence-electron chi connectivity index (χ0n) is 8.36. The first-order valence-corrected chi connectivity index (χ1v) is 5.53. The summed E-state index contributed by atoms with van der Waals surface area (Å²) < 4.78 is 5.88. The van der Waals surface area contributed by atoms with Crippen LogP contribution in [-0.2, 0) is 14.9 Å². The lowest BCUT2D eigenvalue weighted by Gasteiger charge is -2.12. The SMILES string of the molecule is CC(=O)OCC1(c2ncc(Br)cn2)CC1. The predicted molar refractivity (Wildman–Crippen MR) is 57.3 cm³/mol. The van der Waals surface area contributed by atoms with Gasteiger partial charge in [0.1, 0.15) is 12.4 Å². The highest BCUT2D eigenvalue weighted by molar-refractivity contribution is 9.10. The van der Waals surface area contributed by atoms with E-state index in [4.69, 9.17) is 4.74 Å². The highest BCUT2D eigenvalue weighted by Gasteiger charge is 2.48. The van der Waals surface area contributed by atoms with Gasteiger partial charge in [0, 0.05) is 19.3 Å². The zero-order valence-corrected chi connectivity index (χ0v) is 9.95. The Hall–Kier alpha value is -0.970. The number of rotatable bonds is 3. The Morgan fingerprint density at radius 1 is 1.53 bits per heavy atom. The van der Waals surface area contributed by atoms with E-state index in [1.807, 2.05) is 0 Å². The zero-order chi connectivity index (χ0) is 10.9. The van der Waals surface area contributed by atoms with Crippen LogP contribution in [0.5, 0.6) is 0 Å². The van der Waals surface area contributed by atoms with Crippen LogP contribution in [0.3, 0.4) is 0 Å². The van der Waals surface area contributed by atoms with Crippen LogP contribution in [0.2, 0.25) is 0 Å². The second kappa shape index (κ2) is 3.89. The van der Waals surface area contributed by atoms with Crippen LogP contribution < -0.4 is 0 Å². The van der Waals surface area contributed by atoms with Gasteiger partial charge in [0.2, 0.25) is 0 Å². The molecular formula is C10H11BrN2O2. The molecule has 1 aliphatic rings. The van der Waals surface area contributed by atoms with Crippen molar-refractivity contribution in [1.29, 1.82) is 0 Å². The van der Waals surface area contributed by atoms with Gasteiger partial charge in [-0.3, -0.25) is 4.79 Å². The number of nitrogens with zero attached hydrogens (tertiary/aromatic N) is 2. The normalized spacial score (nSPS) is 17.2. The number of ether oxygens (including phenoxy) is 1. The van der Waals surface area contributed by atoms with E-state index in [-0.39, 0.29) is 11.4 Å². The lowest BCUT2D eigenvalue weighted by molar-refractivity contribution is -0.141. The highest BCUT2D eigenvalue weighted by atomic mass is 79.9. The molecule has 15 heavy (non-hydrogen) atoms. The fraction of sp³-hybridized carbons (Fsp3) is 0.500. The molecule has 5 heteroatoms. The van der Waals surface area contributed by atoms with E-state index in [1.165, 1.54) is 6.92 Å². The minimum absolute atomic E-state index is 0.119. The molecule has 1 heterocycles. The third kappa shape index (κ3) is 2.34. The molecule has 1 aliphatic carbocycles. The Balaban J connectivity index is 2.09. The van der Waals surface area contributed by atoms with Gasteiger partial charge in [0.25, 0.3) is 0 Å². The van der Waals surface area contributed by atoms with Crippen molar-refractivity contribution in [2.45, 2.75) is 25.2 Å². The van der Waals surface area contributed by atoms with Gasteiger partial charge in [-0.2, -0.15) is 0 Å². The van der Waals surface area contributed by atoms with Crippen LogP contribution in [0, 0.1) is 0 Å². The molecule has 0 aliphatic heterocycles. The van der Waals surface area contributed by atoms with Crippen molar-refractivity contribution in [3.8, 4) is 0 Å². The van der Waals surface area contributed by atoms with E-state index in [0.717, 1.165) is 23.1 Å². The topological polar surface area (TPSA) is 52.1 Å². The molecule has 1 aromatic heterocycles. The lowest BCUT2D eigenvalue weighted by Crippen LogP contribution is -2.20. The summed E-state index contributed by atoms with van der Waals surface area (Å²) in [7, 11) is 0. The summed E-state index contributed by atoms with van der Waals surface area (Å²) in [5.41, 5.74) is -0.119. The highest BCUT2D eigenvalue weighted by Crippen LogP contribution is 2.46. The maximum absolute atomic E-state index is 10.7. The number of halogens is 1. The molecule has 80 valence electrons. The molecule has 1 aromatic rings. The van der Waals surface area contributed by atoms with Crippen molar-refractivity contribution in [1.82, 2.24) is 9.97 Å². The van der Waals surface area contributed by atoms with E-state index in [0.29, 0.717) is 6.61 Å². The van der Waals surface area contributed by atoms with Gasteiger partial charge in [0.15, 0.2) is 0 Å². The lowest BCUT2D eigenvalue weighted by atomic mass is 10.1. The standard InChI is InChI=1S/C10H11BrN2O2/c1-7(14)15-6-10(2-3-10)9-12-4-8(11)5-13-9/h4-5H,2-3,6H2,1H3. The van der Waals surface area contributed by atoms with Gasteiger partial charge in [-0.1, -0.05) is 0 Å². The summed E-state index contributed by atoms with van der Waals surface area (Å²) in [6.07, 6.45) is 5.41. The summed E-state index contributed by atoms with van der Waals surface area (Å²) >= 11 is 3.28. The van der Waals surface area contributed by atoms with E-state index in [2.05, 4.69) is 25.9 Å². The van der Waals surface area contributed by atoms with Crippen molar-refractivity contribution in [3.63, 3.8) is 0 Å². The first kappa shape index (κ1) is 10.5. The van der Waals surface area contributed by atoms with Crippen LogP contribution in [-0.4, -0.2) is 22.5 Å². The average molecular weight is 271 g/mol. The third-order valence-corrected chi connectivity index (χ3v) is 2.91. The first-order valence-electron chi connectivity index (χ1n) is 4.74. The Morgan fingerprint density at radius 3 is 2.60 bits per heavy atom. The number of carbonyl (C=O) groups excluding carboxylic acids is 1. The summed E-state index contributed by atoms with van der Waals surface area (Å²) in [4.78, 5) is 19.2. The molecule has 1 fully saturated rings. The predicted octanol–water partition coefficient (Wildman–Crippen LogP) is 1.83. The number of hydrogen-bond acceptors (Lipinski definition) is 4. The largest absolute Gasteiger partial charge is 0.465 e. The van der Waals surface area contributed by atoms with Crippen molar-refractivity contribution in [2.24, 2.45) is 0 Å². The summed E-state index contributed by atoms with van der Waals surface area (Å²) in [5, 5.41) is 0. The van der Waals surface area contributed by atoms with Gasteiger partial charge in [-0.15, -0.1) is 0 Å². The Bertz CT molecular complexity index is 374. The fourth-order valence-electron chi connectivity index (χ4n) is 1.41. The van der Waals surface area contributed by atoms with Crippen LogP contribution in [0.15, 0.2) is 16.9 Å². The van der Waals surface area contributed by atoms with Gasteiger partial charge < -0.3 is 4.74 Å². The molecule has 1 saturated carbocycles. The molecule has 0 N–H and O–H groups in total. The molecule has 0 amide bonds. The fourth-order valence-corrected chi connectivity index (χ4v) is 1.61. The number of aromatic nitrogens is 2. The van der Waals surface area contributed by atoms with Gasteiger partial charge in [-0.05, 0) is 28.8 Å². The molecule has 0 spiro atoms. The third-order valence-electron chi connectivity index (χ3n) is 2.50. The monoisotopic (exact) mass is 270 g/mol. The second-order valence-corrected chi connectivity index (χ2v) is 4.70. The molecule has 0 atom stereocenters. The number of esters is 1. The van der Waals surface area contributed by atoms with E-state index >= 15 is 0 Å². The van der Waals surface area contributed by atoms with E-state index in [1.54, 1.807) is 12.4 Å². The summed E-state index contributed by atoms with van der Waals surface area (Å²) in [6, 6.07) is 0. The minimum atomic E-state index is -0.251. The molecule has 0 radical (unpaired) electrons. The molecule has 0 unspecified atom stereocenters. The summed E-state index contributed by atoms with van der Waals surface area (Å²) in [6.45, 7) is 1.81. The summed E-state index contributed by atoms with van der Waals surface area (Å²) in [5.74, 6) is 0.519. The Kier molecular flexibility index (Phi) is 2.73. The van der Waals surface area contributed by atoms with Crippen molar-refractivity contribution in [2.75, 3.05) is 6.61 Å². The molecule has 0 saturated heterocycles. The van der Waals surface area contributed by atoms with Crippen LogP contribution in [0.1, 0.15) is 25.6 Å². The minimum Gasteiger partial charge on any atom is -0.465 e. The van der Waals surface area contributed by atoms with Crippen molar-refractivity contribution >= 4 is 21.9 Å². The van der Waals surface area contributed by atoms with E-state index in [9.17, 15) is 4.79 Å². The van der Waals surface area contributed by atoms with Crippen LogP contribution >= 0.6 is 15.9 Å². The van der Waals surface area contributed by atoms with Gasteiger partial charge in [0.05, 0.1) is 9.89 Å². The molecule has 2 rings (SSSR count). The van der Waals surface area contributed by atoms with Crippen LogP contribution in [0.25, 0.3) is 0 Å². The molecule has 0 aromatic carbocycles. The van der Waals surface area contributed by atoms with Crippen LogP contribution in [0.4, 0.5) is 0 Å². The molecular weight excluding hydrogens is 260 g/mol. The maximum atomic E-state index is 10.7. The van der Waals surface area contributed by atoms with Crippen molar-refractivity contribution < 1.29 is 9.53 Å². The average Bonchev–Trinajstić information content (AvgIpc) is 2.97. The molecule has 0 bridgehead atoms. The Morgan fingerprint density at radius 2 is 2.13 bits per heavy atom. The molecule has 4 nitrogen and oxygen atoms in total. The number of hydrogen-bond donors (Lipinski definition) is 0. The van der Waals surface area contributed by atoms with Crippen molar-refractivity contribution in [3.05, 3.63) is 22.7 Å².